The molecule has 26 heavy (non-hydrogen) atoms. The number of ether oxygens (including phenoxy) is 3. The predicted molar refractivity (Wildman–Crippen MR) is 96.4 cm³/mol. The number of carbonyl (C=O) groups is 2. The number of hydrogen-bond donors (Lipinski definition) is 1. The number of nitrogens with one attached hydrogen (secondary N) is 1. The fourth-order valence-electron chi connectivity index (χ4n) is 2.73. The van der Waals surface area contributed by atoms with Crippen LogP contribution in [0.3, 0.4) is 0 Å². The second-order valence-electron chi connectivity index (χ2n) is 5.77. The van der Waals surface area contributed by atoms with Gasteiger partial charge in [-0.15, -0.1) is 0 Å². The van der Waals surface area contributed by atoms with E-state index in [1.165, 1.54) is 6.08 Å². The van der Waals surface area contributed by atoms with Crippen molar-refractivity contribution in [2.24, 2.45) is 0 Å². The number of anilines is 1. The lowest BCUT2D eigenvalue weighted by Crippen LogP contribution is -2.25. The van der Waals surface area contributed by atoms with Gasteiger partial charge in [-0.05, 0) is 42.0 Å². The van der Waals surface area contributed by atoms with Crippen molar-refractivity contribution in [3.05, 3.63) is 52.6 Å². The third-order valence-electron chi connectivity index (χ3n) is 3.94. The smallest absolute Gasteiger partial charge is 0.262 e. The molecule has 0 radical (unpaired) electrons. The Bertz CT molecular complexity index is 938. The molecule has 0 fully saturated rings. The van der Waals surface area contributed by atoms with Crippen molar-refractivity contribution in [2.75, 3.05) is 25.1 Å². The van der Waals surface area contributed by atoms with E-state index in [2.05, 4.69) is 5.32 Å². The van der Waals surface area contributed by atoms with Gasteiger partial charge in [-0.3, -0.25) is 9.59 Å². The average molecular weight is 372 g/mol. The van der Waals surface area contributed by atoms with E-state index < -0.39 is 0 Å². The molecule has 2 heterocycles. The van der Waals surface area contributed by atoms with Gasteiger partial charge in [-0.25, -0.2) is 0 Å². The van der Waals surface area contributed by atoms with E-state index in [1.807, 2.05) is 0 Å². The van der Waals surface area contributed by atoms with Crippen molar-refractivity contribution in [3.8, 4) is 17.2 Å². The van der Waals surface area contributed by atoms with Crippen molar-refractivity contribution in [1.29, 1.82) is 0 Å². The number of ketones is 1. The summed E-state index contributed by atoms with van der Waals surface area (Å²) in [5, 5.41) is 3.12. The standard InChI is InChI=1S/C19H14ClNO5/c20-13-7-11(8-17-19(13)25-6-5-24-17)1-3-15(22)12-2-4-16-14(9-12)21-18(23)10-26-16/h1-4,7-9H,5-6,10H2,(H,21,23)/b3-1+. The highest BCUT2D eigenvalue weighted by molar-refractivity contribution is 6.32. The van der Waals surface area contributed by atoms with Crippen LogP contribution in [0.25, 0.3) is 6.08 Å². The van der Waals surface area contributed by atoms with Crippen molar-refractivity contribution < 1.29 is 23.8 Å². The lowest BCUT2D eigenvalue weighted by Gasteiger charge is -2.19. The van der Waals surface area contributed by atoms with Crippen molar-refractivity contribution in [1.82, 2.24) is 0 Å². The van der Waals surface area contributed by atoms with Crippen LogP contribution in [0.1, 0.15) is 15.9 Å². The number of halogens is 1. The fraction of sp³-hybridized carbons (Fsp3) is 0.158. The first-order valence-electron chi connectivity index (χ1n) is 7.98. The molecular formula is C19H14ClNO5. The van der Waals surface area contributed by atoms with Crippen LogP contribution < -0.4 is 19.5 Å². The molecule has 2 aliphatic rings. The first kappa shape index (κ1) is 16.5. The van der Waals surface area contributed by atoms with Crippen LogP contribution in [0.5, 0.6) is 17.2 Å². The quantitative estimate of drug-likeness (QED) is 0.661. The van der Waals surface area contributed by atoms with Crippen LogP contribution in [0.4, 0.5) is 5.69 Å². The molecule has 0 spiro atoms. The Balaban J connectivity index is 1.56. The molecule has 0 aliphatic carbocycles. The van der Waals surface area contributed by atoms with E-state index in [-0.39, 0.29) is 18.3 Å². The zero-order valence-corrected chi connectivity index (χ0v) is 14.3. The van der Waals surface area contributed by atoms with Crippen LogP contribution in [-0.2, 0) is 4.79 Å². The molecule has 2 aromatic rings. The van der Waals surface area contributed by atoms with E-state index >= 15 is 0 Å². The van der Waals surface area contributed by atoms with Crippen LogP contribution in [0.2, 0.25) is 5.02 Å². The van der Waals surface area contributed by atoms with Gasteiger partial charge in [-0.1, -0.05) is 17.7 Å². The van der Waals surface area contributed by atoms with E-state index in [9.17, 15) is 9.59 Å². The highest BCUT2D eigenvalue weighted by Gasteiger charge is 2.18. The van der Waals surface area contributed by atoms with Gasteiger partial charge in [0.2, 0.25) is 0 Å². The van der Waals surface area contributed by atoms with E-state index in [0.29, 0.717) is 46.7 Å². The number of allylic oxidation sites excluding steroid dienone is 1. The van der Waals surface area contributed by atoms with Crippen molar-refractivity contribution >= 4 is 35.1 Å². The van der Waals surface area contributed by atoms with Gasteiger partial charge in [0, 0.05) is 5.56 Å². The van der Waals surface area contributed by atoms with Gasteiger partial charge in [0.1, 0.15) is 19.0 Å². The Labute approximate surface area is 154 Å². The Morgan fingerprint density at radius 1 is 1.08 bits per heavy atom. The summed E-state index contributed by atoms with van der Waals surface area (Å²) in [5.41, 5.74) is 1.65. The minimum Gasteiger partial charge on any atom is -0.486 e. The Kier molecular flexibility index (Phi) is 4.26. The van der Waals surface area contributed by atoms with Crippen LogP contribution in [-0.4, -0.2) is 31.5 Å². The molecule has 7 heteroatoms. The summed E-state index contributed by atoms with van der Waals surface area (Å²) >= 11 is 6.19. The third-order valence-corrected chi connectivity index (χ3v) is 4.22. The minimum atomic E-state index is -0.247. The van der Waals surface area contributed by atoms with Crippen molar-refractivity contribution in [2.45, 2.75) is 0 Å². The molecule has 0 bridgehead atoms. The number of fused-ring (bicyclic) bond motifs is 2. The second-order valence-corrected chi connectivity index (χ2v) is 6.18. The van der Waals surface area contributed by atoms with Gasteiger partial charge in [0.25, 0.3) is 5.91 Å². The maximum Gasteiger partial charge on any atom is 0.262 e. The maximum atomic E-state index is 12.4. The Morgan fingerprint density at radius 2 is 1.92 bits per heavy atom. The lowest BCUT2D eigenvalue weighted by atomic mass is 10.1. The second kappa shape index (κ2) is 6.72. The zero-order valence-electron chi connectivity index (χ0n) is 13.6. The van der Waals surface area contributed by atoms with Gasteiger partial charge in [-0.2, -0.15) is 0 Å². The molecule has 4 rings (SSSR count). The molecule has 1 N–H and O–H groups in total. The van der Waals surface area contributed by atoms with Crippen LogP contribution >= 0.6 is 11.6 Å². The molecule has 0 saturated carbocycles. The average Bonchev–Trinajstić information content (AvgIpc) is 2.65. The molecule has 2 aromatic carbocycles. The Morgan fingerprint density at radius 3 is 2.81 bits per heavy atom. The highest BCUT2D eigenvalue weighted by atomic mass is 35.5. The summed E-state index contributed by atoms with van der Waals surface area (Å²) in [6.07, 6.45) is 3.09. The summed E-state index contributed by atoms with van der Waals surface area (Å²) < 4.78 is 16.3. The number of hydrogen-bond acceptors (Lipinski definition) is 5. The largest absolute Gasteiger partial charge is 0.486 e. The number of amides is 1. The highest BCUT2D eigenvalue weighted by Crippen LogP contribution is 2.38. The molecule has 0 atom stereocenters. The molecule has 6 nitrogen and oxygen atoms in total. The molecule has 0 aromatic heterocycles. The third kappa shape index (κ3) is 3.23. The number of benzene rings is 2. The van der Waals surface area contributed by atoms with Gasteiger partial charge in [0.05, 0.1) is 10.7 Å². The van der Waals surface area contributed by atoms with Crippen LogP contribution in [0.15, 0.2) is 36.4 Å². The molecule has 0 unspecified atom stereocenters. The van der Waals surface area contributed by atoms with E-state index in [1.54, 1.807) is 36.4 Å². The lowest BCUT2D eigenvalue weighted by molar-refractivity contribution is -0.118. The Hall–Kier alpha value is -2.99. The first-order valence-corrected chi connectivity index (χ1v) is 8.36. The molecule has 2 aliphatic heterocycles. The van der Waals surface area contributed by atoms with Gasteiger partial charge < -0.3 is 19.5 Å². The summed E-state index contributed by atoms with van der Waals surface area (Å²) in [7, 11) is 0. The predicted octanol–water partition coefficient (Wildman–Crippen LogP) is 3.34. The molecular weight excluding hydrogens is 358 g/mol. The van der Waals surface area contributed by atoms with Gasteiger partial charge >= 0.3 is 0 Å². The summed E-state index contributed by atoms with van der Waals surface area (Å²) in [6, 6.07) is 8.39. The monoisotopic (exact) mass is 371 g/mol. The van der Waals surface area contributed by atoms with Crippen molar-refractivity contribution in [3.63, 3.8) is 0 Å². The number of rotatable bonds is 3. The van der Waals surface area contributed by atoms with Gasteiger partial charge in [0.15, 0.2) is 23.9 Å². The maximum absolute atomic E-state index is 12.4. The normalized spacial score (nSPS) is 15.2. The first-order chi connectivity index (χ1) is 12.6. The molecule has 0 saturated heterocycles. The van der Waals surface area contributed by atoms with E-state index in [0.717, 1.165) is 5.56 Å². The molecule has 1 amide bonds. The zero-order chi connectivity index (χ0) is 18.1. The molecule has 132 valence electrons. The topological polar surface area (TPSA) is 73.9 Å². The van der Waals surface area contributed by atoms with Crippen LogP contribution in [0, 0.1) is 0 Å². The summed E-state index contributed by atoms with van der Waals surface area (Å²) in [4.78, 5) is 23.8. The fourth-order valence-corrected chi connectivity index (χ4v) is 3.01. The van der Waals surface area contributed by atoms with E-state index in [4.69, 9.17) is 25.8 Å². The summed E-state index contributed by atoms with van der Waals surface area (Å²) in [6.45, 7) is 0.891. The summed E-state index contributed by atoms with van der Waals surface area (Å²) in [5.74, 6) is 1.17. The SMILES string of the molecule is O=C1COc2ccc(C(=O)/C=C/c3cc(Cl)c4c(c3)OCCO4)cc2N1. The minimum absolute atomic E-state index is 0.0227. The number of carbonyl (C=O) groups excluding carboxylic acids is 2.